The fraction of sp³-hybridized carbons (Fsp3) is 0.480. The Morgan fingerprint density at radius 1 is 1.08 bits per heavy atom. The molecule has 3 rings (SSSR count). The Kier molecular flexibility index (Phi) is 9.40. The van der Waals surface area contributed by atoms with Crippen LogP contribution >= 0.6 is 0 Å². The van der Waals surface area contributed by atoms with Crippen LogP contribution in [-0.2, 0) is 40.0 Å². The molecule has 2 heterocycles. The number of halogens is 1. The Morgan fingerprint density at radius 3 is 2.39 bits per heavy atom. The maximum absolute atomic E-state index is 14.2. The van der Waals surface area contributed by atoms with Gasteiger partial charge >= 0.3 is 23.5 Å². The lowest BCUT2D eigenvalue weighted by Gasteiger charge is -2.40. The van der Waals surface area contributed by atoms with E-state index in [1.807, 2.05) is 0 Å². The first-order chi connectivity index (χ1) is 18.0. The van der Waals surface area contributed by atoms with Gasteiger partial charge in [0.1, 0.15) is 42.4 Å². The van der Waals surface area contributed by atoms with E-state index in [-0.39, 0.29) is 40.9 Å². The van der Waals surface area contributed by atoms with Crippen LogP contribution in [0.1, 0.15) is 50.0 Å². The summed E-state index contributed by atoms with van der Waals surface area (Å²) in [5.74, 6) is -2.65. The molecule has 1 aromatic heterocycles. The average molecular weight is 537 g/mol. The quantitative estimate of drug-likeness (QED) is 0.283. The molecule has 12 nitrogen and oxygen atoms in total. The number of hydrogen-bond acceptors (Lipinski definition) is 11. The largest absolute Gasteiger partial charge is 0.464 e. The first-order valence-corrected chi connectivity index (χ1v) is 11.8. The molecule has 0 saturated carbocycles. The Balaban J connectivity index is 1.95. The SMILES string of the molecule is CCNC(=O)c1cc2ccc(OC3C[C@@H](OC(C)=O)[C@@H](OC(C)=O)[C@@H](COC(C)=O)O3)c(CF)c2oc1=O. The van der Waals surface area contributed by atoms with E-state index in [1.165, 1.54) is 32.0 Å². The second-order valence-electron chi connectivity index (χ2n) is 8.38. The molecular formula is C25H28FNO11. The molecule has 1 aromatic carbocycles. The zero-order valence-electron chi connectivity index (χ0n) is 21.2. The predicted octanol–water partition coefficient (Wildman–Crippen LogP) is 1.93. The second-order valence-corrected chi connectivity index (χ2v) is 8.38. The fourth-order valence-corrected chi connectivity index (χ4v) is 3.99. The van der Waals surface area contributed by atoms with E-state index in [4.69, 9.17) is 28.1 Å². The van der Waals surface area contributed by atoms with Crippen molar-refractivity contribution in [1.29, 1.82) is 0 Å². The van der Waals surface area contributed by atoms with E-state index in [1.54, 1.807) is 6.92 Å². The van der Waals surface area contributed by atoms with E-state index in [9.17, 15) is 28.4 Å². The summed E-state index contributed by atoms with van der Waals surface area (Å²) >= 11 is 0. The van der Waals surface area contributed by atoms with Crippen LogP contribution in [-0.4, -0.2) is 61.6 Å². The molecule has 4 atom stereocenters. The lowest BCUT2D eigenvalue weighted by atomic mass is 10.0. The molecule has 1 unspecified atom stereocenters. The number of alkyl halides is 1. The number of fused-ring (bicyclic) bond motifs is 1. The van der Waals surface area contributed by atoms with Crippen LogP contribution in [0.5, 0.6) is 5.75 Å². The van der Waals surface area contributed by atoms with Gasteiger partial charge in [0.25, 0.3) is 5.91 Å². The van der Waals surface area contributed by atoms with Crippen molar-refractivity contribution in [3.63, 3.8) is 0 Å². The van der Waals surface area contributed by atoms with Crippen molar-refractivity contribution < 1.29 is 51.7 Å². The maximum atomic E-state index is 14.2. The molecule has 0 radical (unpaired) electrons. The molecule has 0 spiro atoms. The van der Waals surface area contributed by atoms with Gasteiger partial charge in [-0.1, -0.05) is 0 Å². The maximum Gasteiger partial charge on any atom is 0.349 e. The summed E-state index contributed by atoms with van der Waals surface area (Å²) in [4.78, 5) is 59.3. The van der Waals surface area contributed by atoms with Crippen LogP contribution in [0.4, 0.5) is 4.39 Å². The van der Waals surface area contributed by atoms with Crippen molar-refractivity contribution >= 4 is 34.8 Å². The van der Waals surface area contributed by atoms with Crippen LogP contribution < -0.4 is 15.7 Å². The smallest absolute Gasteiger partial charge is 0.349 e. The summed E-state index contributed by atoms with van der Waals surface area (Å²) < 4.78 is 46.8. The number of carbonyl (C=O) groups is 4. The topological polar surface area (TPSA) is 157 Å². The van der Waals surface area contributed by atoms with Crippen LogP contribution in [0.2, 0.25) is 0 Å². The van der Waals surface area contributed by atoms with Gasteiger partial charge in [-0.25, -0.2) is 9.18 Å². The highest BCUT2D eigenvalue weighted by molar-refractivity contribution is 5.97. The third-order valence-corrected chi connectivity index (χ3v) is 5.49. The van der Waals surface area contributed by atoms with Crippen LogP contribution in [0.25, 0.3) is 11.0 Å². The molecule has 0 bridgehead atoms. The number of hydrogen-bond donors (Lipinski definition) is 1. The standard InChI is InChI=1S/C25H28FNO11/c1-5-27-24(31)16-8-15-6-7-18(17(10-26)22(15)38-25(16)32)36-21-9-19(34-13(3)29)23(35-14(4)30)20(37-21)11-33-12(2)28/h6-8,19-21,23H,5,9-11H2,1-4H3,(H,27,31)/t19-,20-,21?,23-/m1/s1. The van der Waals surface area contributed by atoms with E-state index in [2.05, 4.69) is 5.32 Å². The number of nitrogens with one attached hydrogen (secondary N) is 1. The highest BCUT2D eigenvalue weighted by atomic mass is 19.1. The molecular weight excluding hydrogens is 509 g/mol. The predicted molar refractivity (Wildman–Crippen MR) is 127 cm³/mol. The van der Waals surface area contributed by atoms with E-state index in [0.717, 1.165) is 6.92 Å². The molecule has 206 valence electrons. The second kappa shape index (κ2) is 12.5. The van der Waals surface area contributed by atoms with E-state index < -0.39 is 60.7 Å². The van der Waals surface area contributed by atoms with Crippen LogP contribution in [0.15, 0.2) is 27.4 Å². The normalized spacial score (nSPS) is 20.9. The van der Waals surface area contributed by atoms with Crippen LogP contribution in [0.3, 0.4) is 0 Å². The molecule has 1 amide bonds. The summed E-state index contributed by atoms with van der Waals surface area (Å²) in [5.41, 5.74) is -1.43. The van der Waals surface area contributed by atoms with Gasteiger partial charge in [0.05, 0.1) is 12.0 Å². The first kappa shape index (κ1) is 28.6. The third-order valence-electron chi connectivity index (χ3n) is 5.49. The Hall–Kier alpha value is -4.00. The fourth-order valence-electron chi connectivity index (χ4n) is 3.99. The minimum Gasteiger partial charge on any atom is -0.464 e. The summed E-state index contributed by atoms with van der Waals surface area (Å²) in [6.07, 6.45) is -4.53. The zero-order valence-corrected chi connectivity index (χ0v) is 21.2. The number of amides is 1. The van der Waals surface area contributed by atoms with Gasteiger partial charge in [-0.2, -0.15) is 0 Å². The molecule has 38 heavy (non-hydrogen) atoms. The summed E-state index contributed by atoms with van der Waals surface area (Å²) in [6, 6.07) is 4.17. The zero-order chi connectivity index (χ0) is 28.0. The Morgan fingerprint density at radius 2 is 1.79 bits per heavy atom. The lowest BCUT2D eigenvalue weighted by Crippen LogP contribution is -2.54. The Bertz CT molecular complexity index is 1270. The molecule has 1 N–H and O–H groups in total. The minimum absolute atomic E-state index is 0.0438. The first-order valence-electron chi connectivity index (χ1n) is 11.8. The van der Waals surface area contributed by atoms with E-state index >= 15 is 0 Å². The number of esters is 3. The number of rotatable bonds is 9. The minimum atomic E-state index is -1.17. The highest BCUT2D eigenvalue weighted by Crippen LogP contribution is 2.33. The third kappa shape index (κ3) is 6.85. The monoisotopic (exact) mass is 537 g/mol. The van der Waals surface area contributed by atoms with Gasteiger partial charge in [0.2, 0.25) is 6.29 Å². The highest BCUT2D eigenvalue weighted by Gasteiger charge is 2.44. The number of ether oxygens (including phenoxy) is 5. The molecule has 1 saturated heterocycles. The number of carbonyl (C=O) groups excluding carboxylic acids is 4. The van der Waals surface area contributed by atoms with Gasteiger partial charge in [-0.05, 0) is 25.1 Å². The van der Waals surface area contributed by atoms with Crippen molar-refractivity contribution in [1.82, 2.24) is 5.32 Å². The van der Waals surface area contributed by atoms with Crippen molar-refractivity contribution in [2.24, 2.45) is 0 Å². The molecule has 1 fully saturated rings. The molecule has 2 aromatic rings. The average Bonchev–Trinajstić information content (AvgIpc) is 2.83. The van der Waals surface area contributed by atoms with Gasteiger partial charge < -0.3 is 33.4 Å². The summed E-state index contributed by atoms with van der Waals surface area (Å²) in [5, 5.41) is 2.79. The Labute approximate surface area is 216 Å². The van der Waals surface area contributed by atoms with Crippen molar-refractivity contribution in [2.45, 2.75) is 65.4 Å². The van der Waals surface area contributed by atoms with Gasteiger partial charge in [0, 0.05) is 32.7 Å². The van der Waals surface area contributed by atoms with Crippen molar-refractivity contribution in [3.05, 3.63) is 39.7 Å². The van der Waals surface area contributed by atoms with Gasteiger partial charge in [-0.15, -0.1) is 0 Å². The van der Waals surface area contributed by atoms with Crippen LogP contribution in [0, 0.1) is 0 Å². The molecule has 1 aliphatic rings. The summed E-state index contributed by atoms with van der Waals surface area (Å²) in [7, 11) is 0. The molecule has 13 heteroatoms. The van der Waals surface area contributed by atoms with Crippen molar-refractivity contribution in [3.8, 4) is 5.75 Å². The summed E-state index contributed by atoms with van der Waals surface area (Å²) in [6.45, 7) is 4.04. The van der Waals surface area contributed by atoms with Gasteiger partial charge in [-0.3, -0.25) is 19.2 Å². The number of benzene rings is 1. The lowest BCUT2D eigenvalue weighted by molar-refractivity contribution is -0.245. The molecule has 1 aliphatic heterocycles. The van der Waals surface area contributed by atoms with Gasteiger partial charge in [0.15, 0.2) is 6.10 Å². The van der Waals surface area contributed by atoms with E-state index in [0.29, 0.717) is 6.54 Å². The van der Waals surface area contributed by atoms with Crippen molar-refractivity contribution in [2.75, 3.05) is 13.2 Å². The molecule has 0 aliphatic carbocycles.